The van der Waals surface area contributed by atoms with Gasteiger partial charge >= 0.3 is 6.03 Å². The van der Waals surface area contributed by atoms with E-state index in [2.05, 4.69) is 15.6 Å². The van der Waals surface area contributed by atoms with Crippen LogP contribution in [-0.4, -0.2) is 34.3 Å². The fraction of sp³-hybridized carbons (Fsp3) is 0.300. The topological polar surface area (TPSA) is 93.1 Å². The second-order valence-corrected chi connectivity index (χ2v) is 8.82. The van der Waals surface area contributed by atoms with Crippen LogP contribution in [0.5, 0.6) is 0 Å². The summed E-state index contributed by atoms with van der Waals surface area (Å²) in [5.74, 6) is -1.24. The fourth-order valence-electron chi connectivity index (χ4n) is 3.48. The average molecular weight is 447 g/mol. The molecule has 2 aromatic heterocycles. The zero-order chi connectivity index (χ0) is 21.3. The number of hydrogen-bond acceptors (Lipinski definition) is 6. The standard InChI is InChI=1S/C20H19FN4O3S2/c1-22-19(28)23-15(26)10-29-20-24-17-16(11-6-2-5-9-14(11)30-17)18(27)25(20)13-8-4-3-7-12(13)21/h3-4,7-8H,2,5-6,9-10H2,1H3,(H2,22,23,26,28). The molecule has 2 heterocycles. The van der Waals surface area contributed by atoms with E-state index in [1.807, 2.05) is 0 Å². The van der Waals surface area contributed by atoms with E-state index in [1.165, 1.54) is 35.1 Å². The van der Waals surface area contributed by atoms with E-state index < -0.39 is 17.8 Å². The Bertz CT molecular complexity index is 1200. The summed E-state index contributed by atoms with van der Waals surface area (Å²) in [7, 11) is 1.40. The highest BCUT2D eigenvalue weighted by atomic mass is 32.2. The Hall–Kier alpha value is -2.72. The maximum Gasteiger partial charge on any atom is 0.321 e. The minimum absolute atomic E-state index is 0.0851. The molecule has 0 saturated carbocycles. The van der Waals surface area contributed by atoms with Crippen molar-refractivity contribution in [3.63, 3.8) is 0 Å². The van der Waals surface area contributed by atoms with Crippen LogP contribution in [0.25, 0.3) is 15.9 Å². The quantitative estimate of drug-likeness (QED) is 0.475. The van der Waals surface area contributed by atoms with Crippen molar-refractivity contribution in [3.05, 3.63) is 50.9 Å². The lowest BCUT2D eigenvalue weighted by atomic mass is 9.97. The Balaban J connectivity index is 1.82. The zero-order valence-corrected chi connectivity index (χ0v) is 17.8. The number of urea groups is 1. The van der Waals surface area contributed by atoms with Gasteiger partial charge in [0.25, 0.3) is 5.56 Å². The number of fused-ring (bicyclic) bond motifs is 3. The predicted molar refractivity (Wildman–Crippen MR) is 115 cm³/mol. The van der Waals surface area contributed by atoms with Gasteiger partial charge in [-0.2, -0.15) is 0 Å². The third-order valence-corrected chi connectivity index (χ3v) is 6.99. The van der Waals surface area contributed by atoms with Crippen LogP contribution < -0.4 is 16.2 Å². The predicted octanol–water partition coefficient (Wildman–Crippen LogP) is 3.01. The lowest BCUT2D eigenvalue weighted by Gasteiger charge is -2.14. The summed E-state index contributed by atoms with van der Waals surface area (Å²) in [6.45, 7) is 0. The van der Waals surface area contributed by atoms with Gasteiger partial charge in [0.1, 0.15) is 10.6 Å². The molecule has 0 saturated heterocycles. The van der Waals surface area contributed by atoms with Crippen molar-refractivity contribution in [3.8, 4) is 5.69 Å². The molecule has 156 valence electrons. The Labute approximate surface area is 179 Å². The van der Waals surface area contributed by atoms with Crippen LogP contribution >= 0.6 is 23.1 Å². The number of imide groups is 1. The van der Waals surface area contributed by atoms with Crippen LogP contribution in [0.3, 0.4) is 0 Å². The summed E-state index contributed by atoms with van der Waals surface area (Å²) in [6, 6.07) is 5.36. The number of thiophene rings is 1. The normalized spacial score (nSPS) is 13.1. The maximum absolute atomic E-state index is 14.6. The van der Waals surface area contributed by atoms with Gasteiger partial charge in [-0.25, -0.2) is 14.2 Å². The van der Waals surface area contributed by atoms with Crippen molar-refractivity contribution >= 4 is 45.3 Å². The Morgan fingerprint density at radius 3 is 2.80 bits per heavy atom. The second-order valence-electron chi connectivity index (χ2n) is 6.79. The molecule has 4 rings (SSSR count). The number of nitrogens with zero attached hydrogens (tertiary/aromatic N) is 2. The van der Waals surface area contributed by atoms with E-state index >= 15 is 0 Å². The van der Waals surface area contributed by atoms with Crippen molar-refractivity contribution in [1.82, 2.24) is 20.2 Å². The molecular formula is C20H19FN4O3S2. The van der Waals surface area contributed by atoms with E-state index in [0.717, 1.165) is 47.9 Å². The van der Waals surface area contributed by atoms with Crippen molar-refractivity contribution in [2.24, 2.45) is 0 Å². The number of amides is 3. The lowest BCUT2D eigenvalue weighted by Crippen LogP contribution is -2.38. The first-order valence-electron chi connectivity index (χ1n) is 9.46. The molecule has 2 N–H and O–H groups in total. The van der Waals surface area contributed by atoms with Crippen LogP contribution in [0.2, 0.25) is 0 Å². The zero-order valence-electron chi connectivity index (χ0n) is 16.2. The first-order valence-corrected chi connectivity index (χ1v) is 11.3. The number of benzene rings is 1. The van der Waals surface area contributed by atoms with Crippen LogP contribution in [0.1, 0.15) is 23.3 Å². The van der Waals surface area contributed by atoms with E-state index in [0.29, 0.717) is 10.2 Å². The molecule has 30 heavy (non-hydrogen) atoms. The molecule has 3 aromatic rings. The van der Waals surface area contributed by atoms with Gasteiger partial charge in [0, 0.05) is 11.9 Å². The molecule has 10 heteroatoms. The molecule has 7 nitrogen and oxygen atoms in total. The number of halogens is 1. The van der Waals surface area contributed by atoms with Gasteiger partial charge in [-0.05, 0) is 43.4 Å². The highest BCUT2D eigenvalue weighted by Crippen LogP contribution is 2.35. The van der Waals surface area contributed by atoms with E-state index in [1.54, 1.807) is 12.1 Å². The number of carbonyl (C=O) groups is 2. The molecule has 1 aliphatic rings. The number of nitrogens with one attached hydrogen (secondary N) is 2. The molecule has 0 spiro atoms. The Morgan fingerprint density at radius 1 is 1.27 bits per heavy atom. The highest BCUT2D eigenvalue weighted by Gasteiger charge is 2.24. The van der Waals surface area contributed by atoms with Gasteiger partial charge in [0.05, 0.1) is 16.8 Å². The van der Waals surface area contributed by atoms with Gasteiger partial charge in [-0.1, -0.05) is 23.9 Å². The summed E-state index contributed by atoms with van der Waals surface area (Å²) in [5, 5.41) is 5.22. The Kier molecular flexibility index (Phi) is 5.87. The van der Waals surface area contributed by atoms with Crippen molar-refractivity contribution in [2.75, 3.05) is 12.8 Å². The van der Waals surface area contributed by atoms with Crippen LogP contribution in [0.4, 0.5) is 9.18 Å². The molecule has 0 aliphatic heterocycles. The molecule has 0 atom stereocenters. The molecule has 1 aromatic carbocycles. The van der Waals surface area contributed by atoms with Crippen LogP contribution in [0, 0.1) is 5.82 Å². The third kappa shape index (κ3) is 3.84. The molecule has 3 amide bonds. The molecule has 0 unspecified atom stereocenters. The van der Waals surface area contributed by atoms with Crippen molar-refractivity contribution in [1.29, 1.82) is 0 Å². The van der Waals surface area contributed by atoms with Gasteiger partial charge in [-0.3, -0.25) is 19.5 Å². The number of aromatic nitrogens is 2. The van der Waals surface area contributed by atoms with Gasteiger partial charge in [-0.15, -0.1) is 11.3 Å². The smallest absolute Gasteiger partial charge is 0.321 e. The SMILES string of the molecule is CNC(=O)NC(=O)CSc1nc2sc3c(c2c(=O)n1-c1ccccc1F)CCCC3. The maximum atomic E-state index is 14.6. The number of para-hydroxylation sites is 1. The first kappa shape index (κ1) is 20.5. The fourth-order valence-corrected chi connectivity index (χ4v) is 5.59. The molecular weight excluding hydrogens is 427 g/mol. The highest BCUT2D eigenvalue weighted by molar-refractivity contribution is 7.99. The largest absolute Gasteiger partial charge is 0.341 e. The van der Waals surface area contributed by atoms with E-state index in [-0.39, 0.29) is 22.2 Å². The lowest BCUT2D eigenvalue weighted by molar-refractivity contribution is -0.117. The molecule has 0 fully saturated rings. The van der Waals surface area contributed by atoms with Crippen molar-refractivity contribution < 1.29 is 14.0 Å². The molecule has 0 radical (unpaired) electrons. The number of carbonyl (C=O) groups excluding carboxylic acids is 2. The number of hydrogen-bond donors (Lipinski definition) is 2. The second kappa shape index (κ2) is 8.57. The summed E-state index contributed by atoms with van der Waals surface area (Å²) < 4.78 is 15.8. The monoisotopic (exact) mass is 446 g/mol. The van der Waals surface area contributed by atoms with Crippen molar-refractivity contribution in [2.45, 2.75) is 30.8 Å². The number of aryl methyl sites for hydroxylation is 2. The first-order chi connectivity index (χ1) is 14.5. The summed E-state index contributed by atoms with van der Waals surface area (Å²) in [6.07, 6.45) is 3.80. The number of rotatable bonds is 4. The minimum Gasteiger partial charge on any atom is -0.341 e. The summed E-state index contributed by atoms with van der Waals surface area (Å²) >= 11 is 2.47. The summed E-state index contributed by atoms with van der Waals surface area (Å²) in [5.41, 5.74) is 0.762. The summed E-state index contributed by atoms with van der Waals surface area (Å²) in [4.78, 5) is 43.2. The van der Waals surface area contributed by atoms with Crippen LogP contribution in [-0.2, 0) is 17.6 Å². The van der Waals surface area contributed by atoms with Crippen LogP contribution in [0.15, 0.2) is 34.2 Å². The van der Waals surface area contributed by atoms with Gasteiger partial charge < -0.3 is 5.32 Å². The molecule has 0 bridgehead atoms. The van der Waals surface area contributed by atoms with Gasteiger partial charge in [0.2, 0.25) is 5.91 Å². The van der Waals surface area contributed by atoms with Gasteiger partial charge in [0.15, 0.2) is 5.16 Å². The van der Waals surface area contributed by atoms with E-state index in [4.69, 9.17) is 0 Å². The Morgan fingerprint density at radius 2 is 2.03 bits per heavy atom. The third-order valence-electron chi connectivity index (χ3n) is 4.86. The molecule has 1 aliphatic carbocycles. The van der Waals surface area contributed by atoms with E-state index in [9.17, 15) is 18.8 Å². The minimum atomic E-state index is -0.624. The average Bonchev–Trinajstić information content (AvgIpc) is 3.11. The number of thioether (sulfide) groups is 1.